The summed E-state index contributed by atoms with van der Waals surface area (Å²) in [6.07, 6.45) is -4.33. The molecule has 3 amide bonds. The van der Waals surface area contributed by atoms with Crippen molar-refractivity contribution in [1.82, 2.24) is 5.32 Å². The summed E-state index contributed by atoms with van der Waals surface area (Å²) in [6, 6.07) is 7.92. The lowest BCUT2D eigenvalue weighted by molar-refractivity contribution is -0.137. The normalized spacial score (nSPS) is 11.0. The first-order valence-corrected chi connectivity index (χ1v) is 7.93. The summed E-state index contributed by atoms with van der Waals surface area (Å²) in [6.45, 7) is 1.33. The molecule has 0 bridgehead atoms. The third-order valence-corrected chi connectivity index (χ3v) is 3.51. The van der Waals surface area contributed by atoms with E-state index in [9.17, 15) is 27.2 Å². The zero-order valence-corrected chi connectivity index (χ0v) is 14.3. The number of hydrogen-bond acceptors (Lipinski definition) is 2. The molecular weight excluding hydrogens is 366 g/mol. The van der Waals surface area contributed by atoms with Crippen LogP contribution in [0, 0.1) is 5.82 Å². The van der Waals surface area contributed by atoms with Crippen LogP contribution in [0.1, 0.15) is 18.1 Å². The minimum absolute atomic E-state index is 0.0305. The highest BCUT2D eigenvalue weighted by atomic mass is 19.4. The largest absolute Gasteiger partial charge is 0.418 e. The highest BCUT2D eigenvalue weighted by Gasteiger charge is 2.34. The zero-order valence-electron chi connectivity index (χ0n) is 14.3. The van der Waals surface area contributed by atoms with Gasteiger partial charge in [-0.05, 0) is 42.3 Å². The van der Waals surface area contributed by atoms with Gasteiger partial charge in [-0.15, -0.1) is 0 Å². The average Bonchev–Trinajstić information content (AvgIpc) is 2.56. The number of rotatable bonds is 5. The van der Waals surface area contributed by atoms with Gasteiger partial charge in [0, 0.05) is 19.2 Å². The molecule has 0 saturated heterocycles. The molecular formula is C18H17F4N3O2. The van der Waals surface area contributed by atoms with E-state index in [0.717, 1.165) is 17.7 Å². The van der Waals surface area contributed by atoms with Crippen molar-refractivity contribution in [3.63, 3.8) is 0 Å². The van der Waals surface area contributed by atoms with E-state index in [0.29, 0.717) is 6.42 Å². The second-order valence-electron chi connectivity index (χ2n) is 5.70. The van der Waals surface area contributed by atoms with Gasteiger partial charge in [-0.1, -0.05) is 12.1 Å². The van der Waals surface area contributed by atoms with Crippen molar-refractivity contribution in [2.75, 3.05) is 17.2 Å². The minimum atomic E-state index is -4.72. The van der Waals surface area contributed by atoms with Crippen LogP contribution in [0.4, 0.5) is 33.7 Å². The Labute approximate surface area is 152 Å². The first kappa shape index (κ1) is 20.2. The summed E-state index contributed by atoms with van der Waals surface area (Å²) >= 11 is 0. The van der Waals surface area contributed by atoms with Gasteiger partial charge < -0.3 is 16.0 Å². The van der Waals surface area contributed by atoms with Gasteiger partial charge in [0.2, 0.25) is 5.91 Å². The minimum Gasteiger partial charge on any atom is -0.338 e. The van der Waals surface area contributed by atoms with E-state index in [1.54, 1.807) is 12.1 Å². The summed E-state index contributed by atoms with van der Waals surface area (Å²) in [7, 11) is 0. The fourth-order valence-electron chi connectivity index (χ4n) is 2.31. The summed E-state index contributed by atoms with van der Waals surface area (Å²) < 4.78 is 52.4. The van der Waals surface area contributed by atoms with Gasteiger partial charge in [0.1, 0.15) is 5.82 Å². The van der Waals surface area contributed by atoms with E-state index in [-0.39, 0.29) is 18.0 Å². The first-order valence-electron chi connectivity index (χ1n) is 7.93. The highest BCUT2D eigenvalue weighted by molar-refractivity contribution is 5.92. The smallest absolute Gasteiger partial charge is 0.338 e. The van der Waals surface area contributed by atoms with E-state index in [4.69, 9.17) is 0 Å². The number of carbonyl (C=O) groups excluding carboxylic acids is 2. The van der Waals surface area contributed by atoms with Gasteiger partial charge >= 0.3 is 12.2 Å². The van der Waals surface area contributed by atoms with Gasteiger partial charge in [-0.2, -0.15) is 13.2 Å². The lowest BCUT2D eigenvalue weighted by Crippen LogP contribution is -2.31. The maximum atomic E-state index is 13.2. The number of amides is 3. The van der Waals surface area contributed by atoms with E-state index < -0.39 is 29.4 Å². The summed E-state index contributed by atoms with van der Waals surface area (Å²) in [5, 5.41) is 6.85. The highest BCUT2D eigenvalue weighted by Crippen LogP contribution is 2.36. The number of hydrogen-bond donors (Lipinski definition) is 3. The number of nitrogens with one attached hydrogen (secondary N) is 3. The van der Waals surface area contributed by atoms with Crippen LogP contribution in [-0.2, 0) is 17.4 Å². The van der Waals surface area contributed by atoms with Crippen LogP contribution in [0.2, 0.25) is 0 Å². The quantitative estimate of drug-likeness (QED) is 0.679. The third kappa shape index (κ3) is 6.28. The molecule has 9 heteroatoms. The molecule has 0 aromatic heterocycles. The van der Waals surface area contributed by atoms with E-state index in [1.165, 1.54) is 25.1 Å². The maximum Gasteiger partial charge on any atom is 0.418 e. The first-order chi connectivity index (χ1) is 12.6. The van der Waals surface area contributed by atoms with Crippen molar-refractivity contribution in [3.8, 4) is 0 Å². The predicted molar refractivity (Wildman–Crippen MR) is 92.9 cm³/mol. The number of anilines is 2. The monoisotopic (exact) mass is 383 g/mol. The Morgan fingerprint density at radius 1 is 1.00 bits per heavy atom. The molecule has 5 nitrogen and oxygen atoms in total. The van der Waals surface area contributed by atoms with Gasteiger partial charge in [0.25, 0.3) is 0 Å². The molecule has 2 aromatic rings. The molecule has 0 unspecified atom stereocenters. The average molecular weight is 383 g/mol. The maximum absolute atomic E-state index is 13.2. The molecule has 0 fully saturated rings. The lowest BCUT2D eigenvalue weighted by Gasteiger charge is -2.16. The molecule has 2 rings (SSSR count). The SMILES string of the molecule is CC(=O)Nc1ccc(NC(=O)NCCc2ccc(F)cc2)c(C(F)(F)F)c1. The second-order valence-corrected chi connectivity index (χ2v) is 5.70. The molecule has 27 heavy (non-hydrogen) atoms. The van der Waals surface area contributed by atoms with Crippen LogP contribution < -0.4 is 16.0 Å². The topological polar surface area (TPSA) is 70.2 Å². The molecule has 0 atom stereocenters. The molecule has 0 aliphatic heterocycles. The van der Waals surface area contributed by atoms with Crippen molar-refractivity contribution >= 4 is 23.3 Å². The van der Waals surface area contributed by atoms with Crippen LogP contribution in [0.5, 0.6) is 0 Å². The van der Waals surface area contributed by atoms with Crippen molar-refractivity contribution in [1.29, 1.82) is 0 Å². The molecule has 0 spiro atoms. The Hall–Kier alpha value is -3.10. The molecule has 0 aliphatic rings. The van der Waals surface area contributed by atoms with E-state index in [2.05, 4.69) is 16.0 Å². The van der Waals surface area contributed by atoms with Crippen molar-refractivity contribution < 1.29 is 27.2 Å². The molecule has 3 N–H and O–H groups in total. The fraction of sp³-hybridized carbons (Fsp3) is 0.222. The number of halogens is 4. The van der Waals surface area contributed by atoms with Gasteiger partial charge in [0.15, 0.2) is 0 Å². The van der Waals surface area contributed by atoms with Crippen LogP contribution in [0.15, 0.2) is 42.5 Å². The standard InChI is InChI=1S/C18H17F4N3O2/c1-11(26)24-14-6-7-16(15(10-14)18(20,21)22)25-17(27)23-9-8-12-2-4-13(19)5-3-12/h2-7,10H,8-9H2,1H3,(H,24,26)(H2,23,25,27). The van der Waals surface area contributed by atoms with Gasteiger partial charge in [-0.3, -0.25) is 4.79 Å². The Balaban J connectivity index is 2.01. The molecule has 0 aliphatic carbocycles. The second kappa shape index (κ2) is 8.52. The van der Waals surface area contributed by atoms with Crippen LogP contribution >= 0.6 is 0 Å². The van der Waals surface area contributed by atoms with Crippen molar-refractivity contribution in [2.45, 2.75) is 19.5 Å². The van der Waals surface area contributed by atoms with Crippen LogP contribution in [0.25, 0.3) is 0 Å². The Bertz CT molecular complexity index is 820. The Kier molecular flexibility index (Phi) is 6.38. The molecule has 2 aromatic carbocycles. The van der Waals surface area contributed by atoms with Crippen LogP contribution in [-0.4, -0.2) is 18.5 Å². The number of benzene rings is 2. The van der Waals surface area contributed by atoms with E-state index in [1.807, 2.05) is 0 Å². The Morgan fingerprint density at radius 2 is 1.67 bits per heavy atom. The van der Waals surface area contributed by atoms with Crippen molar-refractivity contribution in [2.24, 2.45) is 0 Å². The van der Waals surface area contributed by atoms with Gasteiger partial charge in [0.05, 0.1) is 11.3 Å². The Morgan fingerprint density at radius 3 is 2.26 bits per heavy atom. The molecule has 144 valence electrons. The lowest BCUT2D eigenvalue weighted by atomic mass is 10.1. The summed E-state index contributed by atoms with van der Waals surface area (Å²) in [5.41, 5.74) is -0.775. The summed E-state index contributed by atoms with van der Waals surface area (Å²) in [4.78, 5) is 22.9. The number of alkyl halides is 3. The molecule has 0 radical (unpaired) electrons. The van der Waals surface area contributed by atoms with Crippen LogP contribution in [0.3, 0.4) is 0 Å². The number of carbonyl (C=O) groups is 2. The molecule has 0 saturated carbocycles. The summed E-state index contributed by atoms with van der Waals surface area (Å²) in [5.74, 6) is -0.894. The van der Waals surface area contributed by atoms with Gasteiger partial charge in [-0.25, -0.2) is 9.18 Å². The van der Waals surface area contributed by atoms with E-state index >= 15 is 0 Å². The molecule has 0 heterocycles. The predicted octanol–water partition coefficient (Wildman–Crippen LogP) is 4.17. The fourth-order valence-corrected chi connectivity index (χ4v) is 2.31. The zero-order chi connectivity index (χ0) is 20.0. The number of urea groups is 1. The van der Waals surface area contributed by atoms with Crippen molar-refractivity contribution in [3.05, 3.63) is 59.4 Å². The third-order valence-electron chi connectivity index (χ3n) is 3.51.